The summed E-state index contributed by atoms with van der Waals surface area (Å²) in [6.45, 7) is 0. The van der Waals surface area contributed by atoms with Crippen molar-refractivity contribution in [2.75, 3.05) is 12.4 Å². The van der Waals surface area contributed by atoms with Gasteiger partial charge >= 0.3 is 0 Å². The van der Waals surface area contributed by atoms with Gasteiger partial charge in [0.2, 0.25) is 0 Å². The molecule has 106 valence electrons. The molecule has 0 fully saturated rings. The zero-order valence-electron chi connectivity index (χ0n) is 11.5. The monoisotopic (exact) mass is 281 g/mol. The standard InChI is InChI=1S/C16H15N3O2/c1-21-15(11-5-3-2-4-6-11)16(20)18-13-8-7-12-10-17-19-14(12)9-13/h2-10,15H,1H3,(H,17,19)(H,18,20)/t15-/m0/s1. The Kier molecular flexibility index (Phi) is 3.66. The molecule has 0 aliphatic carbocycles. The van der Waals surface area contributed by atoms with Crippen molar-refractivity contribution in [3.8, 4) is 0 Å². The Balaban J connectivity index is 1.81. The van der Waals surface area contributed by atoms with Gasteiger partial charge in [-0.25, -0.2) is 0 Å². The summed E-state index contributed by atoms with van der Waals surface area (Å²) in [5, 5.41) is 10.7. The smallest absolute Gasteiger partial charge is 0.258 e. The molecule has 5 heteroatoms. The van der Waals surface area contributed by atoms with E-state index in [-0.39, 0.29) is 5.91 Å². The molecule has 0 aliphatic heterocycles. The number of carbonyl (C=O) groups is 1. The molecule has 2 N–H and O–H groups in total. The van der Waals surface area contributed by atoms with Gasteiger partial charge in [0.1, 0.15) is 0 Å². The molecule has 0 spiro atoms. The molecule has 1 amide bonds. The average Bonchev–Trinajstić information content (AvgIpc) is 2.96. The molecule has 3 rings (SSSR count). The summed E-state index contributed by atoms with van der Waals surface area (Å²) in [5.41, 5.74) is 2.40. The lowest BCUT2D eigenvalue weighted by Crippen LogP contribution is -2.22. The van der Waals surface area contributed by atoms with Crippen LogP contribution >= 0.6 is 0 Å². The van der Waals surface area contributed by atoms with Crippen LogP contribution in [0.25, 0.3) is 10.9 Å². The van der Waals surface area contributed by atoms with E-state index in [0.717, 1.165) is 16.5 Å². The maximum absolute atomic E-state index is 12.4. The summed E-state index contributed by atoms with van der Waals surface area (Å²) in [7, 11) is 1.52. The number of anilines is 1. The van der Waals surface area contributed by atoms with Crippen LogP contribution in [0, 0.1) is 0 Å². The van der Waals surface area contributed by atoms with Gasteiger partial charge in [0.15, 0.2) is 6.10 Å². The van der Waals surface area contributed by atoms with Crippen LogP contribution in [0.2, 0.25) is 0 Å². The van der Waals surface area contributed by atoms with Gasteiger partial charge in [0.25, 0.3) is 5.91 Å². The zero-order chi connectivity index (χ0) is 14.7. The van der Waals surface area contributed by atoms with E-state index in [2.05, 4.69) is 15.5 Å². The van der Waals surface area contributed by atoms with Crippen LogP contribution in [-0.4, -0.2) is 23.2 Å². The third-order valence-electron chi connectivity index (χ3n) is 3.29. The van der Waals surface area contributed by atoms with Crippen molar-refractivity contribution in [3.05, 3.63) is 60.3 Å². The number of H-pyrrole nitrogens is 1. The fourth-order valence-electron chi connectivity index (χ4n) is 2.24. The second kappa shape index (κ2) is 5.76. The first-order valence-corrected chi connectivity index (χ1v) is 6.59. The van der Waals surface area contributed by atoms with Crippen LogP contribution < -0.4 is 5.32 Å². The molecular formula is C16H15N3O2. The van der Waals surface area contributed by atoms with Crippen molar-refractivity contribution in [2.45, 2.75) is 6.10 Å². The number of nitrogens with one attached hydrogen (secondary N) is 2. The van der Waals surface area contributed by atoms with Crippen molar-refractivity contribution < 1.29 is 9.53 Å². The number of rotatable bonds is 4. The Labute approximate surface area is 121 Å². The largest absolute Gasteiger partial charge is 0.367 e. The van der Waals surface area contributed by atoms with Crippen LogP contribution in [0.4, 0.5) is 5.69 Å². The first-order valence-electron chi connectivity index (χ1n) is 6.59. The van der Waals surface area contributed by atoms with Gasteiger partial charge in [-0.2, -0.15) is 5.10 Å². The first-order chi connectivity index (χ1) is 10.3. The van der Waals surface area contributed by atoms with E-state index in [4.69, 9.17) is 4.74 Å². The number of ether oxygens (including phenoxy) is 1. The van der Waals surface area contributed by atoms with Gasteiger partial charge in [-0.15, -0.1) is 0 Å². The second-order valence-electron chi connectivity index (χ2n) is 4.69. The second-order valence-corrected chi connectivity index (χ2v) is 4.69. The minimum atomic E-state index is -0.635. The summed E-state index contributed by atoms with van der Waals surface area (Å²) in [5.74, 6) is -0.206. The maximum atomic E-state index is 12.4. The van der Waals surface area contributed by atoms with E-state index in [1.54, 1.807) is 6.20 Å². The van der Waals surface area contributed by atoms with Gasteiger partial charge in [-0.3, -0.25) is 9.89 Å². The van der Waals surface area contributed by atoms with E-state index in [1.807, 2.05) is 48.5 Å². The van der Waals surface area contributed by atoms with Crippen LogP contribution in [0.5, 0.6) is 0 Å². The average molecular weight is 281 g/mol. The third-order valence-corrected chi connectivity index (χ3v) is 3.29. The predicted molar refractivity (Wildman–Crippen MR) is 80.9 cm³/mol. The normalized spacial score (nSPS) is 12.2. The highest BCUT2D eigenvalue weighted by molar-refractivity contribution is 5.96. The summed E-state index contributed by atoms with van der Waals surface area (Å²) >= 11 is 0. The van der Waals surface area contributed by atoms with Gasteiger partial charge in [-0.05, 0) is 23.8 Å². The lowest BCUT2D eigenvalue weighted by molar-refractivity contribution is -0.126. The summed E-state index contributed by atoms with van der Waals surface area (Å²) < 4.78 is 5.31. The molecule has 2 aromatic carbocycles. The van der Waals surface area contributed by atoms with E-state index in [1.165, 1.54) is 7.11 Å². The number of amides is 1. The minimum Gasteiger partial charge on any atom is -0.367 e. The molecule has 1 aromatic heterocycles. The molecule has 0 radical (unpaired) electrons. The topological polar surface area (TPSA) is 67.0 Å². The molecule has 0 aliphatic rings. The van der Waals surface area contributed by atoms with E-state index < -0.39 is 6.10 Å². The van der Waals surface area contributed by atoms with Gasteiger partial charge in [-0.1, -0.05) is 30.3 Å². The number of carbonyl (C=O) groups excluding carboxylic acids is 1. The summed E-state index contributed by atoms with van der Waals surface area (Å²) in [4.78, 5) is 12.4. The number of methoxy groups -OCH3 is 1. The Morgan fingerprint density at radius 1 is 1.24 bits per heavy atom. The van der Waals surface area contributed by atoms with Crippen LogP contribution in [0.1, 0.15) is 11.7 Å². The quantitative estimate of drug-likeness (QED) is 0.772. The van der Waals surface area contributed by atoms with Gasteiger partial charge < -0.3 is 10.1 Å². The highest BCUT2D eigenvalue weighted by Gasteiger charge is 2.19. The number of benzene rings is 2. The van der Waals surface area contributed by atoms with Gasteiger partial charge in [0, 0.05) is 18.2 Å². The molecule has 0 saturated carbocycles. The highest BCUT2D eigenvalue weighted by Crippen LogP contribution is 2.21. The number of fused-ring (bicyclic) bond motifs is 1. The molecule has 0 saturated heterocycles. The first kappa shape index (κ1) is 13.3. The summed E-state index contributed by atoms with van der Waals surface area (Å²) in [6, 6.07) is 15.0. The fourth-order valence-corrected chi connectivity index (χ4v) is 2.24. The van der Waals surface area contributed by atoms with E-state index in [0.29, 0.717) is 5.69 Å². The third kappa shape index (κ3) is 2.78. The van der Waals surface area contributed by atoms with Gasteiger partial charge in [0.05, 0.1) is 11.7 Å². The zero-order valence-corrected chi connectivity index (χ0v) is 11.5. The van der Waals surface area contributed by atoms with Crippen molar-refractivity contribution in [3.63, 3.8) is 0 Å². The highest BCUT2D eigenvalue weighted by atomic mass is 16.5. The molecule has 1 atom stereocenters. The van der Waals surface area contributed by atoms with E-state index in [9.17, 15) is 4.79 Å². The predicted octanol–water partition coefficient (Wildman–Crippen LogP) is 2.89. The van der Waals surface area contributed by atoms with Crippen molar-refractivity contribution in [1.82, 2.24) is 10.2 Å². The number of hydrogen-bond acceptors (Lipinski definition) is 3. The van der Waals surface area contributed by atoms with Crippen molar-refractivity contribution in [1.29, 1.82) is 0 Å². The molecular weight excluding hydrogens is 266 g/mol. The molecule has 0 unspecified atom stereocenters. The minimum absolute atomic E-state index is 0.206. The SMILES string of the molecule is CO[C@H](C(=O)Nc1ccc2cn[nH]c2c1)c1ccccc1. The Morgan fingerprint density at radius 2 is 2.05 bits per heavy atom. The number of aromatic amines is 1. The van der Waals surface area contributed by atoms with E-state index >= 15 is 0 Å². The Hall–Kier alpha value is -2.66. The fraction of sp³-hybridized carbons (Fsp3) is 0.125. The van der Waals surface area contributed by atoms with Crippen molar-refractivity contribution in [2.24, 2.45) is 0 Å². The Morgan fingerprint density at radius 3 is 2.81 bits per heavy atom. The number of nitrogens with zero attached hydrogens (tertiary/aromatic N) is 1. The molecule has 5 nitrogen and oxygen atoms in total. The summed E-state index contributed by atoms with van der Waals surface area (Å²) in [6.07, 6.45) is 1.10. The van der Waals surface area contributed by atoms with Crippen LogP contribution in [-0.2, 0) is 9.53 Å². The lowest BCUT2D eigenvalue weighted by Gasteiger charge is -2.15. The molecule has 21 heavy (non-hydrogen) atoms. The number of hydrogen-bond donors (Lipinski definition) is 2. The maximum Gasteiger partial charge on any atom is 0.258 e. The lowest BCUT2D eigenvalue weighted by atomic mass is 10.1. The molecule has 0 bridgehead atoms. The molecule has 1 heterocycles. The van der Waals surface area contributed by atoms with Crippen LogP contribution in [0.3, 0.4) is 0 Å². The Bertz CT molecular complexity index is 752. The van der Waals surface area contributed by atoms with Crippen LogP contribution in [0.15, 0.2) is 54.7 Å². The van der Waals surface area contributed by atoms with Crippen molar-refractivity contribution >= 4 is 22.5 Å². The molecule has 3 aromatic rings. The number of aromatic nitrogens is 2.